The quantitative estimate of drug-likeness (QED) is 0.814. The largest absolute Gasteiger partial charge is 0.322 e. The molecule has 0 aliphatic carbocycles. The zero-order valence-electron chi connectivity index (χ0n) is 14.9. The summed E-state index contributed by atoms with van der Waals surface area (Å²) in [4.78, 5) is 36.1. The monoisotopic (exact) mass is 386 g/mol. The van der Waals surface area contributed by atoms with Crippen LogP contribution in [0, 0.1) is 6.92 Å². The molecule has 140 valence electrons. The van der Waals surface area contributed by atoms with Crippen LogP contribution in [0.15, 0.2) is 42.5 Å². The number of hydrogen-bond acceptors (Lipinski definition) is 5. The molecule has 1 saturated heterocycles. The Morgan fingerprint density at radius 2 is 1.81 bits per heavy atom. The van der Waals surface area contributed by atoms with Gasteiger partial charge < -0.3 is 5.32 Å². The summed E-state index contributed by atoms with van der Waals surface area (Å²) in [7, 11) is -3.70. The zero-order valence-corrected chi connectivity index (χ0v) is 15.7. The molecule has 2 aromatic rings. The van der Waals surface area contributed by atoms with Crippen molar-refractivity contribution in [1.29, 1.82) is 0 Å². The van der Waals surface area contributed by atoms with E-state index in [1.54, 1.807) is 25.1 Å². The van der Waals surface area contributed by atoms with Gasteiger partial charge in [-0.25, -0.2) is 12.7 Å². The van der Waals surface area contributed by atoms with Crippen LogP contribution >= 0.6 is 0 Å². The van der Waals surface area contributed by atoms with Gasteiger partial charge in [0.15, 0.2) is 5.78 Å². The number of nitrogens with one attached hydrogen (secondary N) is 1. The third-order valence-electron chi connectivity index (χ3n) is 4.31. The first-order chi connectivity index (χ1) is 12.7. The fourth-order valence-corrected chi connectivity index (χ4v) is 4.26. The fourth-order valence-electron chi connectivity index (χ4n) is 2.81. The number of nitrogens with zero attached hydrogens (tertiary/aromatic N) is 1. The van der Waals surface area contributed by atoms with Crippen LogP contribution in [0.4, 0.5) is 11.4 Å². The first kappa shape index (κ1) is 18.8. The molecule has 0 bridgehead atoms. The van der Waals surface area contributed by atoms with Gasteiger partial charge in [0.05, 0.1) is 11.4 Å². The smallest absolute Gasteiger partial charge is 0.255 e. The zero-order chi connectivity index (χ0) is 19.8. The first-order valence-corrected chi connectivity index (χ1v) is 9.89. The van der Waals surface area contributed by atoms with Crippen LogP contribution in [0.3, 0.4) is 0 Å². The Hall–Kier alpha value is -3.00. The van der Waals surface area contributed by atoms with Crippen LogP contribution in [-0.4, -0.2) is 31.8 Å². The van der Waals surface area contributed by atoms with E-state index in [1.165, 1.54) is 31.2 Å². The minimum atomic E-state index is -3.70. The lowest BCUT2D eigenvalue weighted by molar-refractivity contribution is -0.116. The van der Waals surface area contributed by atoms with Crippen molar-refractivity contribution in [3.63, 3.8) is 0 Å². The molecule has 1 heterocycles. The highest BCUT2D eigenvalue weighted by Crippen LogP contribution is 2.26. The molecule has 1 aliphatic rings. The summed E-state index contributed by atoms with van der Waals surface area (Å²) in [6, 6.07) is 10.9. The van der Waals surface area contributed by atoms with Crippen molar-refractivity contribution in [2.45, 2.75) is 20.3 Å². The molecule has 0 atom stereocenters. The number of aryl methyl sites for hydroxylation is 1. The lowest BCUT2D eigenvalue weighted by Crippen LogP contribution is -2.29. The van der Waals surface area contributed by atoms with Crippen molar-refractivity contribution in [2.75, 3.05) is 15.4 Å². The molecule has 0 radical (unpaired) electrons. The molecule has 0 saturated carbocycles. The van der Waals surface area contributed by atoms with E-state index in [0.717, 1.165) is 9.87 Å². The average Bonchev–Trinajstić information content (AvgIpc) is 2.89. The number of carbonyl (C=O) groups excluding carboxylic acids is 3. The van der Waals surface area contributed by atoms with Gasteiger partial charge in [-0.05, 0) is 43.7 Å². The Balaban J connectivity index is 1.90. The summed E-state index contributed by atoms with van der Waals surface area (Å²) < 4.78 is 24.9. The second kappa shape index (κ2) is 6.96. The standard InChI is InChI=1S/C19H18N2O5S/c1-12-6-7-14(13(2)22)11-17(12)20-19(24)15-4-3-5-16(10-15)21-18(23)8-9-27(21,25)26/h3-7,10-11H,8-9H2,1-2H3,(H,20,24). The van der Waals surface area contributed by atoms with Crippen LogP contribution in [-0.2, 0) is 14.8 Å². The number of ketones is 1. The van der Waals surface area contributed by atoms with E-state index in [9.17, 15) is 22.8 Å². The maximum absolute atomic E-state index is 12.6. The van der Waals surface area contributed by atoms with Gasteiger partial charge in [-0.3, -0.25) is 14.4 Å². The van der Waals surface area contributed by atoms with Crippen molar-refractivity contribution in [3.05, 3.63) is 59.2 Å². The van der Waals surface area contributed by atoms with E-state index in [1.807, 2.05) is 0 Å². The molecule has 27 heavy (non-hydrogen) atoms. The van der Waals surface area contributed by atoms with Gasteiger partial charge in [-0.15, -0.1) is 0 Å². The molecule has 3 rings (SSSR count). The highest BCUT2D eigenvalue weighted by Gasteiger charge is 2.36. The predicted molar refractivity (Wildman–Crippen MR) is 101 cm³/mol. The molecule has 1 fully saturated rings. The highest BCUT2D eigenvalue weighted by atomic mass is 32.2. The Morgan fingerprint density at radius 3 is 2.44 bits per heavy atom. The third kappa shape index (κ3) is 3.75. The molecule has 1 aliphatic heterocycles. The summed E-state index contributed by atoms with van der Waals surface area (Å²) in [6.07, 6.45) is -0.0736. The Bertz CT molecular complexity index is 1060. The molecule has 0 spiro atoms. The van der Waals surface area contributed by atoms with Gasteiger partial charge >= 0.3 is 0 Å². The summed E-state index contributed by atoms with van der Waals surface area (Å²) in [5.41, 5.74) is 2.08. The van der Waals surface area contributed by atoms with Gasteiger partial charge in [0.2, 0.25) is 15.9 Å². The van der Waals surface area contributed by atoms with Crippen molar-refractivity contribution in [3.8, 4) is 0 Å². The number of amides is 2. The molecule has 0 aromatic heterocycles. The van der Waals surface area contributed by atoms with Crippen LogP contribution in [0.5, 0.6) is 0 Å². The summed E-state index contributed by atoms with van der Waals surface area (Å²) >= 11 is 0. The van der Waals surface area contributed by atoms with Gasteiger partial charge in [-0.1, -0.05) is 18.2 Å². The summed E-state index contributed by atoms with van der Waals surface area (Å²) in [5, 5.41) is 2.73. The SMILES string of the molecule is CC(=O)c1ccc(C)c(NC(=O)c2cccc(N3C(=O)CCS3(=O)=O)c2)c1. The number of rotatable bonds is 4. The van der Waals surface area contributed by atoms with Crippen molar-refractivity contribution in [1.82, 2.24) is 0 Å². The predicted octanol–water partition coefficient (Wildman–Crippen LogP) is 2.52. The molecule has 1 N–H and O–H groups in total. The lowest BCUT2D eigenvalue weighted by atomic mass is 10.1. The van der Waals surface area contributed by atoms with Gasteiger partial charge in [0, 0.05) is 23.2 Å². The fraction of sp³-hybridized carbons (Fsp3) is 0.211. The summed E-state index contributed by atoms with van der Waals surface area (Å²) in [5.74, 6) is -1.34. The van der Waals surface area contributed by atoms with Crippen LogP contribution < -0.4 is 9.62 Å². The van der Waals surface area contributed by atoms with Crippen molar-refractivity contribution < 1.29 is 22.8 Å². The van der Waals surface area contributed by atoms with E-state index in [2.05, 4.69) is 5.32 Å². The van der Waals surface area contributed by atoms with Crippen LogP contribution in [0.1, 0.15) is 39.6 Å². The Labute approximate surface area is 157 Å². The average molecular weight is 386 g/mol. The molecule has 2 amide bonds. The van der Waals surface area contributed by atoms with Gasteiger partial charge in [0.25, 0.3) is 5.91 Å². The number of anilines is 2. The molecular formula is C19H18N2O5S. The molecule has 0 unspecified atom stereocenters. The molecule has 2 aromatic carbocycles. The first-order valence-electron chi connectivity index (χ1n) is 8.28. The maximum atomic E-state index is 12.6. The number of Topliss-reactive ketones (excluding diaryl/α,β-unsaturated/α-hetero) is 1. The molecule has 7 nitrogen and oxygen atoms in total. The van der Waals surface area contributed by atoms with Gasteiger partial charge in [-0.2, -0.15) is 0 Å². The number of hydrogen-bond donors (Lipinski definition) is 1. The van der Waals surface area contributed by atoms with Crippen LogP contribution in [0.25, 0.3) is 0 Å². The number of carbonyl (C=O) groups is 3. The number of benzene rings is 2. The lowest BCUT2D eigenvalue weighted by Gasteiger charge is -2.16. The van der Waals surface area contributed by atoms with Crippen molar-refractivity contribution in [2.24, 2.45) is 0 Å². The van der Waals surface area contributed by atoms with Crippen LogP contribution in [0.2, 0.25) is 0 Å². The maximum Gasteiger partial charge on any atom is 0.255 e. The van der Waals surface area contributed by atoms with E-state index >= 15 is 0 Å². The van der Waals surface area contributed by atoms with E-state index < -0.39 is 21.8 Å². The van der Waals surface area contributed by atoms with E-state index in [0.29, 0.717) is 11.3 Å². The minimum Gasteiger partial charge on any atom is -0.322 e. The second-order valence-electron chi connectivity index (χ2n) is 6.31. The van der Waals surface area contributed by atoms with Gasteiger partial charge in [0.1, 0.15) is 0 Å². The van der Waals surface area contributed by atoms with E-state index in [4.69, 9.17) is 0 Å². The third-order valence-corrected chi connectivity index (χ3v) is 6.00. The Morgan fingerprint density at radius 1 is 1.07 bits per heavy atom. The molecular weight excluding hydrogens is 368 g/mol. The normalized spacial score (nSPS) is 15.6. The summed E-state index contributed by atoms with van der Waals surface area (Å²) in [6.45, 7) is 3.23. The minimum absolute atomic E-state index is 0.0736. The highest BCUT2D eigenvalue weighted by molar-refractivity contribution is 7.94. The molecule has 8 heteroatoms. The Kier molecular flexibility index (Phi) is 4.84. The second-order valence-corrected chi connectivity index (χ2v) is 8.25. The van der Waals surface area contributed by atoms with E-state index in [-0.39, 0.29) is 29.2 Å². The van der Waals surface area contributed by atoms with Crippen molar-refractivity contribution >= 4 is 39.0 Å². The topological polar surface area (TPSA) is 101 Å². The number of sulfonamides is 1.